The third-order valence-corrected chi connectivity index (χ3v) is 5.90. The molecular formula is C21H22FN3O4. The van der Waals surface area contributed by atoms with Crippen molar-refractivity contribution < 1.29 is 19.1 Å². The van der Waals surface area contributed by atoms with Gasteiger partial charge in [0, 0.05) is 38.8 Å². The maximum Gasteiger partial charge on any atom is 0.317 e. The minimum Gasteiger partial charge on any atom is -0.480 e. The number of benzene rings is 1. The van der Waals surface area contributed by atoms with Gasteiger partial charge in [0.1, 0.15) is 11.4 Å². The summed E-state index contributed by atoms with van der Waals surface area (Å²) in [5, 5.41) is 9.11. The zero-order valence-electron chi connectivity index (χ0n) is 16.0. The average molecular weight is 399 g/mol. The first-order valence-electron chi connectivity index (χ1n) is 9.51. The average Bonchev–Trinajstić information content (AvgIpc) is 3.19. The standard InChI is InChI=1S/C21H22FN3O4/c1-23-7-3-6-16(20(23)28)21(29)25-10-14-9-24(12-18(26)27)11-17(14)19(25)13-4-2-5-15(22)8-13/h2-8,14,17,19H,9-12H2,1H3,(H,26,27)/t14-,17-,19+/m0/s1. The minimum absolute atomic E-state index is 0.0207. The van der Waals surface area contributed by atoms with Crippen molar-refractivity contribution >= 4 is 11.9 Å². The number of carboxylic acids is 1. The molecule has 1 aromatic heterocycles. The van der Waals surface area contributed by atoms with Gasteiger partial charge in [-0.15, -0.1) is 0 Å². The highest BCUT2D eigenvalue weighted by Crippen LogP contribution is 2.45. The van der Waals surface area contributed by atoms with Gasteiger partial charge in [0.15, 0.2) is 0 Å². The van der Waals surface area contributed by atoms with Crippen molar-refractivity contribution in [1.82, 2.24) is 14.4 Å². The SMILES string of the molecule is Cn1cccc(C(=O)N2C[C@@H]3CN(CC(=O)O)C[C@@H]3[C@H]2c2cccc(F)c2)c1=O. The highest BCUT2D eigenvalue weighted by atomic mass is 19.1. The third kappa shape index (κ3) is 3.55. The monoisotopic (exact) mass is 399 g/mol. The summed E-state index contributed by atoms with van der Waals surface area (Å²) in [6.07, 6.45) is 1.59. The number of likely N-dealkylation sites (tertiary alicyclic amines) is 2. The van der Waals surface area contributed by atoms with Gasteiger partial charge in [-0.25, -0.2) is 4.39 Å². The fraction of sp³-hybridized carbons (Fsp3) is 0.381. The van der Waals surface area contributed by atoms with Gasteiger partial charge in [-0.3, -0.25) is 19.3 Å². The summed E-state index contributed by atoms with van der Waals surface area (Å²) in [5.41, 5.74) is 0.370. The molecule has 0 spiro atoms. The molecule has 2 fully saturated rings. The summed E-state index contributed by atoms with van der Waals surface area (Å²) in [7, 11) is 1.59. The number of aryl methyl sites for hydroxylation is 1. The van der Waals surface area contributed by atoms with Crippen molar-refractivity contribution in [2.75, 3.05) is 26.2 Å². The predicted molar refractivity (Wildman–Crippen MR) is 103 cm³/mol. The highest BCUT2D eigenvalue weighted by molar-refractivity contribution is 5.94. The highest BCUT2D eigenvalue weighted by Gasteiger charge is 2.49. The first-order chi connectivity index (χ1) is 13.8. The Kier molecular flexibility index (Phi) is 4.96. The van der Waals surface area contributed by atoms with Crippen LogP contribution in [-0.2, 0) is 11.8 Å². The molecule has 2 aliphatic heterocycles. The van der Waals surface area contributed by atoms with Crippen LogP contribution in [0.4, 0.5) is 4.39 Å². The molecule has 29 heavy (non-hydrogen) atoms. The summed E-state index contributed by atoms with van der Waals surface area (Å²) in [4.78, 5) is 40.4. The smallest absolute Gasteiger partial charge is 0.317 e. The molecule has 7 nitrogen and oxygen atoms in total. The molecule has 4 rings (SSSR count). The molecule has 2 aromatic rings. The molecule has 8 heteroatoms. The number of hydrogen-bond donors (Lipinski definition) is 1. The van der Waals surface area contributed by atoms with E-state index < -0.39 is 17.8 Å². The number of fused-ring (bicyclic) bond motifs is 1. The number of carbonyl (C=O) groups excluding carboxylic acids is 1. The van der Waals surface area contributed by atoms with Crippen LogP contribution in [0.15, 0.2) is 47.4 Å². The van der Waals surface area contributed by atoms with Gasteiger partial charge in [0.05, 0.1) is 12.6 Å². The lowest BCUT2D eigenvalue weighted by Gasteiger charge is -2.29. The molecule has 2 saturated heterocycles. The summed E-state index contributed by atoms with van der Waals surface area (Å²) < 4.78 is 15.3. The lowest BCUT2D eigenvalue weighted by molar-refractivity contribution is -0.138. The molecule has 1 amide bonds. The molecule has 0 saturated carbocycles. The Morgan fingerprint density at radius 3 is 2.69 bits per heavy atom. The number of carboxylic acid groups (broad SMARTS) is 1. The number of nitrogens with zero attached hydrogens (tertiary/aromatic N) is 3. The molecule has 2 aliphatic rings. The van der Waals surface area contributed by atoms with Crippen molar-refractivity contribution in [1.29, 1.82) is 0 Å². The summed E-state index contributed by atoms with van der Waals surface area (Å²) >= 11 is 0. The van der Waals surface area contributed by atoms with Crippen LogP contribution in [0.2, 0.25) is 0 Å². The fourth-order valence-electron chi connectivity index (χ4n) is 4.70. The second-order valence-electron chi connectivity index (χ2n) is 7.81. The van der Waals surface area contributed by atoms with Crippen molar-refractivity contribution in [3.63, 3.8) is 0 Å². The third-order valence-electron chi connectivity index (χ3n) is 5.90. The lowest BCUT2D eigenvalue weighted by atomic mass is 9.89. The molecule has 3 heterocycles. The molecule has 3 atom stereocenters. The lowest BCUT2D eigenvalue weighted by Crippen LogP contribution is -2.39. The van der Waals surface area contributed by atoms with E-state index >= 15 is 0 Å². The maximum atomic E-state index is 13.9. The zero-order valence-corrected chi connectivity index (χ0v) is 16.0. The van der Waals surface area contributed by atoms with Gasteiger partial charge >= 0.3 is 5.97 Å². The first-order valence-corrected chi connectivity index (χ1v) is 9.51. The van der Waals surface area contributed by atoms with Crippen LogP contribution in [0.25, 0.3) is 0 Å². The fourth-order valence-corrected chi connectivity index (χ4v) is 4.70. The van der Waals surface area contributed by atoms with E-state index in [-0.39, 0.29) is 35.4 Å². The Hall–Kier alpha value is -3.00. The zero-order chi connectivity index (χ0) is 20.7. The van der Waals surface area contributed by atoms with E-state index in [9.17, 15) is 18.8 Å². The van der Waals surface area contributed by atoms with Crippen LogP contribution < -0.4 is 5.56 Å². The number of aliphatic carboxylic acids is 1. The molecule has 152 valence electrons. The van der Waals surface area contributed by atoms with Crippen LogP contribution in [-0.4, -0.2) is 57.5 Å². The van der Waals surface area contributed by atoms with Crippen LogP contribution in [0.1, 0.15) is 22.0 Å². The van der Waals surface area contributed by atoms with Gasteiger partial charge < -0.3 is 14.6 Å². The van der Waals surface area contributed by atoms with Gasteiger partial charge in [-0.05, 0) is 35.7 Å². The normalized spacial score (nSPS) is 23.9. The van der Waals surface area contributed by atoms with E-state index in [1.54, 1.807) is 36.3 Å². The van der Waals surface area contributed by atoms with Crippen molar-refractivity contribution in [3.8, 4) is 0 Å². The topological polar surface area (TPSA) is 82.8 Å². The second-order valence-corrected chi connectivity index (χ2v) is 7.81. The molecule has 0 bridgehead atoms. The number of halogens is 1. The quantitative estimate of drug-likeness (QED) is 0.839. The number of aromatic nitrogens is 1. The van der Waals surface area contributed by atoms with E-state index in [0.717, 1.165) is 0 Å². The molecule has 1 N–H and O–H groups in total. The Morgan fingerprint density at radius 1 is 1.17 bits per heavy atom. The molecule has 0 aliphatic carbocycles. The molecular weight excluding hydrogens is 377 g/mol. The van der Waals surface area contributed by atoms with Crippen molar-refractivity contribution in [3.05, 3.63) is 69.9 Å². The van der Waals surface area contributed by atoms with Gasteiger partial charge in [-0.2, -0.15) is 0 Å². The van der Waals surface area contributed by atoms with Crippen molar-refractivity contribution in [2.24, 2.45) is 18.9 Å². The van der Waals surface area contributed by atoms with Crippen LogP contribution in [0.3, 0.4) is 0 Å². The Bertz CT molecular complexity index is 1020. The van der Waals surface area contributed by atoms with Gasteiger partial charge in [0.25, 0.3) is 11.5 Å². The van der Waals surface area contributed by atoms with E-state index in [0.29, 0.717) is 25.2 Å². The van der Waals surface area contributed by atoms with Gasteiger partial charge in [0.2, 0.25) is 0 Å². The Balaban J connectivity index is 1.70. The van der Waals surface area contributed by atoms with E-state index in [1.807, 2.05) is 4.90 Å². The molecule has 0 radical (unpaired) electrons. The largest absolute Gasteiger partial charge is 0.480 e. The van der Waals surface area contributed by atoms with Gasteiger partial charge in [-0.1, -0.05) is 12.1 Å². The number of amides is 1. The van der Waals surface area contributed by atoms with Crippen LogP contribution in [0.5, 0.6) is 0 Å². The summed E-state index contributed by atoms with van der Waals surface area (Å²) in [5.74, 6) is -1.62. The molecule has 1 aromatic carbocycles. The maximum absolute atomic E-state index is 13.9. The number of pyridine rings is 1. The summed E-state index contributed by atoms with van der Waals surface area (Å²) in [6.45, 7) is 1.41. The number of carbonyl (C=O) groups is 2. The summed E-state index contributed by atoms with van der Waals surface area (Å²) in [6, 6.07) is 8.89. The number of hydrogen-bond acceptors (Lipinski definition) is 4. The Labute approximate surface area is 167 Å². The number of rotatable bonds is 4. The first kappa shape index (κ1) is 19.3. The van der Waals surface area contributed by atoms with Crippen LogP contribution >= 0.6 is 0 Å². The second kappa shape index (κ2) is 7.44. The van der Waals surface area contributed by atoms with E-state index in [2.05, 4.69) is 0 Å². The van der Waals surface area contributed by atoms with E-state index in [1.165, 1.54) is 22.8 Å². The Morgan fingerprint density at radius 2 is 1.97 bits per heavy atom. The van der Waals surface area contributed by atoms with Crippen LogP contribution in [0, 0.1) is 17.7 Å². The molecule has 0 unspecified atom stereocenters. The van der Waals surface area contributed by atoms with Crippen molar-refractivity contribution in [2.45, 2.75) is 6.04 Å². The predicted octanol–water partition coefficient (Wildman–Crippen LogP) is 1.35. The van der Waals surface area contributed by atoms with E-state index in [4.69, 9.17) is 5.11 Å². The minimum atomic E-state index is -0.895.